The summed E-state index contributed by atoms with van der Waals surface area (Å²) < 4.78 is 10.7. The van der Waals surface area contributed by atoms with E-state index in [2.05, 4.69) is 5.32 Å². The van der Waals surface area contributed by atoms with Crippen LogP contribution in [0.4, 0.5) is 0 Å². The molecule has 1 heterocycles. The zero-order chi connectivity index (χ0) is 15.2. The van der Waals surface area contributed by atoms with Gasteiger partial charge in [0, 0.05) is 12.6 Å². The Balaban J connectivity index is 1.74. The monoisotopic (exact) mass is 329 g/mol. The molecule has 2 rings (SSSR count). The zero-order valence-electron chi connectivity index (χ0n) is 11.6. The molecular formula is C15H17Cl2NO3. The Hall–Kier alpha value is -1.20. The van der Waals surface area contributed by atoms with Gasteiger partial charge >= 0.3 is 0 Å². The highest BCUT2D eigenvalue weighted by Crippen LogP contribution is 2.26. The van der Waals surface area contributed by atoms with Gasteiger partial charge in [-0.3, -0.25) is 0 Å². The number of furan rings is 1. The Kier molecular flexibility index (Phi) is 5.94. The topological polar surface area (TPSA) is 54.6 Å². The molecule has 4 nitrogen and oxygen atoms in total. The predicted molar refractivity (Wildman–Crippen MR) is 83.1 cm³/mol. The van der Waals surface area contributed by atoms with Crippen molar-refractivity contribution in [2.75, 3.05) is 13.2 Å². The van der Waals surface area contributed by atoms with Gasteiger partial charge in [0.25, 0.3) is 0 Å². The number of halogens is 2. The van der Waals surface area contributed by atoms with Crippen molar-refractivity contribution in [2.45, 2.75) is 19.1 Å². The molecule has 1 aromatic heterocycles. The summed E-state index contributed by atoms with van der Waals surface area (Å²) in [5.41, 5.74) is 0. The van der Waals surface area contributed by atoms with Crippen LogP contribution < -0.4 is 10.1 Å². The fourth-order valence-electron chi connectivity index (χ4n) is 1.77. The van der Waals surface area contributed by atoms with Crippen LogP contribution in [0, 0.1) is 0 Å². The van der Waals surface area contributed by atoms with Gasteiger partial charge in [0.15, 0.2) is 0 Å². The molecule has 114 valence electrons. The first kappa shape index (κ1) is 16.2. The van der Waals surface area contributed by atoms with E-state index >= 15 is 0 Å². The van der Waals surface area contributed by atoms with E-state index in [1.54, 1.807) is 24.5 Å². The lowest BCUT2D eigenvalue weighted by Gasteiger charge is -2.16. The summed E-state index contributed by atoms with van der Waals surface area (Å²) >= 11 is 11.7. The molecule has 6 heteroatoms. The summed E-state index contributed by atoms with van der Waals surface area (Å²) in [6, 6.07) is 8.73. The highest BCUT2D eigenvalue weighted by Gasteiger charge is 2.11. The van der Waals surface area contributed by atoms with Crippen molar-refractivity contribution in [3.63, 3.8) is 0 Å². The highest BCUT2D eigenvalue weighted by atomic mass is 35.5. The van der Waals surface area contributed by atoms with Crippen molar-refractivity contribution in [3.05, 3.63) is 52.4 Å². The molecule has 0 saturated carbocycles. The minimum absolute atomic E-state index is 0.0274. The SMILES string of the molecule is C[C@@H](NCC(O)COc1ccc(Cl)c(Cl)c1)c1ccco1. The van der Waals surface area contributed by atoms with Crippen LogP contribution >= 0.6 is 23.2 Å². The fraction of sp³-hybridized carbons (Fsp3) is 0.333. The van der Waals surface area contributed by atoms with Gasteiger partial charge in [0.05, 0.1) is 22.4 Å². The maximum absolute atomic E-state index is 9.90. The van der Waals surface area contributed by atoms with Gasteiger partial charge in [-0.15, -0.1) is 0 Å². The average molecular weight is 330 g/mol. The minimum Gasteiger partial charge on any atom is -0.491 e. The second kappa shape index (κ2) is 7.71. The van der Waals surface area contributed by atoms with Crippen molar-refractivity contribution < 1.29 is 14.3 Å². The summed E-state index contributed by atoms with van der Waals surface area (Å²) in [4.78, 5) is 0. The lowest BCUT2D eigenvalue weighted by Crippen LogP contribution is -2.32. The Labute approximate surface area is 133 Å². The molecule has 21 heavy (non-hydrogen) atoms. The third-order valence-electron chi connectivity index (χ3n) is 2.96. The molecule has 2 aromatic rings. The smallest absolute Gasteiger partial charge is 0.121 e. The van der Waals surface area contributed by atoms with E-state index < -0.39 is 6.10 Å². The number of nitrogens with one attached hydrogen (secondary N) is 1. The van der Waals surface area contributed by atoms with Crippen LogP contribution in [0.3, 0.4) is 0 Å². The first-order valence-corrected chi connectivity index (χ1v) is 7.34. The van der Waals surface area contributed by atoms with Crippen molar-refractivity contribution >= 4 is 23.2 Å². The number of benzene rings is 1. The van der Waals surface area contributed by atoms with Gasteiger partial charge in [0.2, 0.25) is 0 Å². The molecule has 0 bridgehead atoms. The number of aliphatic hydroxyl groups is 1. The molecule has 0 radical (unpaired) electrons. The molecule has 0 amide bonds. The second-order valence-electron chi connectivity index (χ2n) is 4.69. The molecule has 0 saturated heterocycles. The van der Waals surface area contributed by atoms with Crippen molar-refractivity contribution in [3.8, 4) is 5.75 Å². The molecule has 0 aliphatic rings. The van der Waals surface area contributed by atoms with Crippen LogP contribution in [-0.2, 0) is 0 Å². The van der Waals surface area contributed by atoms with Gasteiger partial charge in [-0.05, 0) is 31.2 Å². The Bertz CT molecular complexity index is 560. The Morgan fingerprint density at radius 2 is 2.10 bits per heavy atom. The number of rotatable bonds is 7. The molecular weight excluding hydrogens is 313 g/mol. The van der Waals surface area contributed by atoms with E-state index in [4.69, 9.17) is 32.4 Å². The minimum atomic E-state index is -0.642. The Morgan fingerprint density at radius 1 is 1.29 bits per heavy atom. The van der Waals surface area contributed by atoms with Crippen LogP contribution in [0.25, 0.3) is 0 Å². The fourth-order valence-corrected chi connectivity index (χ4v) is 2.06. The summed E-state index contributed by atoms with van der Waals surface area (Å²) in [7, 11) is 0. The van der Waals surface area contributed by atoms with E-state index in [9.17, 15) is 5.11 Å². The van der Waals surface area contributed by atoms with Gasteiger partial charge in [-0.1, -0.05) is 23.2 Å². The summed E-state index contributed by atoms with van der Waals surface area (Å²) in [6.45, 7) is 2.52. The van der Waals surface area contributed by atoms with Crippen LogP contribution in [0.2, 0.25) is 10.0 Å². The summed E-state index contributed by atoms with van der Waals surface area (Å²) in [5.74, 6) is 1.40. The van der Waals surface area contributed by atoms with E-state index in [-0.39, 0.29) is 12.6 Å². The predicted octanol–water partition coefficient (Wildman–Crippen LogP) is 3.68. The van der Waals surface area contributed by atoms with Crippen molar-refractivity contribution in [1.29, 1.82) is 0 Å². The summed E-state index contributed by atoms with van der Waals surface area (Å²) in [5, 5.41) is 14.0. The number of hydrogen-bond donors (Lipinski definition) is 2. The van der Waals surface area contributed by atoms with Gasteiger partial charge < -0.3 is 19.6 Å². The first-order valence-electron chi connectivity index (χ1n) is 6.59. The quantitative estimate of drug-likeness (QED) is 0.813. The van der Waals surface area contributed by atoms with Crippen LogP contribution in [0.1, 0.15) is 18.7 Å². The third kappa shape index (κ3) is 4.93. The average Bonchev–Trinajstić information content (AvgIpc) is 3.00. The van der Waals surface area contributed by atoms with E-state index in [1.165, 1.54) is 0 Å². The van der Waals surface area contributed by atoms with Gasteiger partial charge in [0.1, 0.15) is 24.2 Å². The van der Waals surface area contributed by atoms with Crippen LogP contribution in [0.5, 0.6) is 5.75 Å². The Morgan fingerprint density at radius 3 is 2.76 bits per heavy atom. The maximum Gasteiger partial charge on any atom is 0.121 e. The summed E-state index contributed by atoms with van der Waals surface area (Å²) in [6.07, 6.45) is 0.981. The van der Waals surface area contributed by atoms with Crippen LogP contribution in [0.15, 0.2) is 41.0 Å². The van der Waals surface area contributed by atoms with E-state index in [0.717, 1.165) is 5.76 Å². The standard InChI is InChI=1S/C15H17Cl2NO3/c1-10(15-3-2-6-20-15)18-8-11(19)9-21-12-4-5-13(16)14(17)7-12/h2-7,10-11,18-19H,8-9H2,1H3/t10-,11?/m1/s1. The molecule has 0 aliphatic carbocycles. The van der Waals surface area contributed by atoms with Crippen molar-refractivity contribution in [1.82, 2.24) is 5.32 Å². The van der Waals surface area contributed by atoms with Crippen molar-refractivity contribution in [2.24, 2.45) is 0 Å². The number of hydrogen-bond acceptors (Lipinski definition) is 4. The lowest BCUT2D eigenvalue weighted by molar-refractivity contribution is 0.103. The van der Waals surface area contributed by atoms with E-state index in [0.29, 0.717) is 22.3 Å². The molecule has 2 atom stereocenters. The molecule has 1 unspecified atom stereocenters. The lowest BCUT2D eigenvalue weighted by atomic mass is 10.2. The van der Waals surface area contributed by atoms with Gasteiger partial charge in [-0.25, -0.2) is 0 Å². The van der Waals surface area contributed by atoms with E-state index in [1.807, 2.05) is 19.1 Å². The first-order chi connectivity index (χ1) is 10.1. The zero-order valence-corrected chi connectivity index (χ0v) is 13.1. The normalized spacial score (nSPS) is 13.9. The second-order valence-corrected chi connectivity index (χ2v) is 5.50. The molecule has 0 aliphatic heterocycles. The molecule has 0 fully saturated rings. The highest BCUT2D eigenvalue weighted by molar-refractivity contribution is 6.42. The molecule has 0 spiro atoms. The third-order valence-corrected chi connectivity index (χ3v) is 3.70. The molecule has 1 aromatic carbocycles. The van der Waals surface area contributed by atoms with Gasteiger partial charge in [-0.2, -0.15) is 0 Å². The maximum atomic E-state index is 9.90. The van der Waals surface area contributed by atoms with Crippen LogP contribution in [-0.4, -0.2) is 24.4 Å². The molecule has 2 N–H and O–H groups in total. The largest absolute Gasteiger partial charge is 0.491 e. The number of aliphatic hydroxyl groups excluding tert-OH is 1. The number of ether oxygens (including phenoxy) is 1.